The van der Waals surface area contributed by atoms with Crippen LogP contribution in [-0.2, 0) is 0 Å². The van der Waals surface area contributed by atoms with Crippen molar-refractivity contribution in [2.45, 2.75) is 18.9 Å². The fourth-order valence-corrected chi connectivity index (χ4v) is 4.69. The summed E-state index contributed by atoms with van der Waals surface area (Å²) in [4.78, 5) is 27.4. The molecule has 0 aliphatic carbocycles. The number of rotatable bonds is 4. The summed E-state index contributed by atoms with van der Waals surface area (Å²) >= 11 is 1.38. The molecule has 0 radical (unpaired) electrons. The summed E-state index contributed by atoms with van der Waals surface area (Å²) in [5, 5.41) is 17.2. The molecule has 3 aromatic heterocycles. The fourth-order valence-electron chi connectivity index (χ4n) is 3.93. The summed E-state index contributed by atoms with van der Waals surface area (Å²) in [5.41, 5.74) is 2.42. The van der Waals surface area contributed by atoms with Gasteiger partial charge in [0.1, 0.15) is 21.7 Å². The zero-order chi connectivity index (χ0) is 21.4. The normalized spacial score (nSPS) is 14.8. The molecule has 0 saturated carbocycles. The Bertz CT molecular complexity index is 1300. The van der Waals surface area contributed by atoms with E-state index in [2.05, 4.69) is 20.5 Å². The van der Waals surface area contributed by atoms with E-state index in [9.17, 15) is 9.59 Å². The topological polar surface area (TPSA) is 106 Å². The molecule has 1 aliphatic heterocycles. The van der Waals surface area contributed by atoms with E-state index in [0.29, 0.717) is 53.3 Å². The molecule has 9 nitrogen and oxygen atoms in total. The second kappa shape index (κ2) is 7.95. The van der Waals surface area contributed by atoms with Gasteiger partial charge in [0.05, 0.1) is 18.8 Å². The molecule has 0 atom stereocenters. The van der Waals surface area contributed by atoms with Crippen LogP contribution in [-0.4, -0.2) is 56.2 Å². The highest BCUT2D eigenvalue weighted by atomic mass is 32.1. The fraction of sp³-hybridized carbons (Fsp3) is 0.286. The zero-order valence-corrected chi connectivity index (χ0v) is 17.6. The van der Waals surface area contributed by atoms with Gasteiger partial charge >= 0.3 is 0 Å². The number of likely N-dealkylation sites (tertiary alicyclic amines) is 1. The molecule has 1 saturated heterocycles. The van der Waals surface area contributed by atoms with Gasteiger partial charge in [0.2, 0.25) is 0 Å². The Morgan fingerprint density at radius 1 is 1.23 bits per heavy atom. The lowest BCUT2D eigenvalue weighted by molar-refractivity contribution is 0.0681. The highest BCUT2D eigenvalue weighted by Gasteiger charge is 2.27. The van der Waals surface area contributed by atoms with Crippen LogP contribution in [0.3, 0.4) is 0 Å². The number of fused-ring (bicyclic) bond motifs is 1. The number of nitrogens with one attached hydrogen (secondary N) is 1. The number of methoxy groups -OCH3 is 1. The van der Waals surface area contributed by atoms with Crippen molar-refractivity contribution in [3.63, 3.8) is 0 Å². The monoisotopic (exact) mass is 436 g/mol. The van der Waals surface area contributed by atoms with E-state index >= 15 is 0 Å². The van der Waals surface area contributed by atoms with Crippen molar-refractivity contribution in [3.8, 4) is 17.0 Å². The Kier molecular flexibility index (Phi) is 4.99. The van der Waals surface area contributed by atoms with Crippen molar-refractivity contribution in [1.29, 1.82) is 0 Å². The number of amides is 1. The average molecular weight is 436 g/mol. The first-order chi connectivity index (χ1) is 15.2. The third kappa shape index (κ3) is 3.48. The van der Waals surface area contributed by atoms with Crippen LogP contribution in [0.2, 0.25) is 0 Å². The quantitative estimate of drug-likeness (QED) is 0.527. The van der Waals surface area contributed by atoms with Gasteiger partial charge < -0.3 is 9.64 Å². The van der Waals surface area contributed by atoms with Crippen LogP contribution in [0.25, 0.3) is 21.5 Å². The molecule has 4 heterocycles. The molecule has 31 heavy (non-hydrogen) atoms. The largest absolute Gasteiger partial charge is 0.496 e. The Morgan fingerprint density at radius 3 is 2.84 bits per heavy atom. The van der Waals surface area contributed by atoms with Crippen LogP contribution >= 0.6 is 11.3 Å². The molecule has 4 aromatic rings. The number of aromatic amines is 1. The number of piperidine rings is 1. The average Bonchev–Trinajstić information content (AvgIpc) is 3.49. The van der Waals surface area contributed by atoms with E-state index < -0.39 is 0 Å². The minimum absolute atomic E-state index is 0.0681. The Balaban J connectivity index is 1.30. The number of benzene rings is 1. The molecule has 5 rings (SSSR count). The number of aromatic nitrogens is 5. The van der Waals surface area contributed by atoms with Crippen LogP contribution in [0, 0.1) is 0 Å². The summed E-state index contributed by atoms with van der Waals surface area (Å²) in [5.74, 6) is 0.585. The SMILES string of the molecule is COc1ccccc1-c1cc(C(=O)N2CCC(n3nnc4ccsc4c3=O)CC2)[nH]n1. The van der Waals surface area contributed by atoms with Crippen molar-refractivity contribution in [2.24, 2.45) is 0 Å². The first kappa shape index (κ1) is 19.4. The van der Waals surface area contributed by atoms with E-state index in [0.717, 1.165) is 5.56 Å². The number of H-pyrrole nitrogens is 1. The molecule has 1 aliphatic rings. The Morgan fingerprint density at radius 2 is 2.03 bits per heavy atom. The lowest BCUT2D eigenvalue weighted by atomic mass is 10.0. The maximum absolute atomic E-state index is 13.0. The molecule has 1 aromatic carbocycles. The summed E-state index contributed by atoms with van der Waals surface area (Å²) in [6, 6.07) is 11.0. The summed E-state index contributed by atoms with van der Waals surface area (Å²) in [6.45, 7) is 1.06. The van der Waals surface area contributed by atoms with Crippen molar-refractivity contribution >= 4 is 27.5 Å². The minimum atomic E-state index is -0.112. The summed E-state index contributed by atoms with van der Waals surface area (Å²) in [7, 11) is 1.60. The molecule has 1 amide bonds. The lowest BCUT2D eigenvalue weighted by Crippen LogP contribution is -2.41. The van der Waals surface area contributed by atoms with Crippen LogP contribution in [0.4, 0.5) is 0 Å². The molecule has 0 bridgehead atoms. The van der Waals surface area contributed by atoms with Crippen LogP contribution < -0.4 is 10.3 Å². The number of carbonyl (C=O) groups excluding carboxylic acids is 1. The van der Waals surface area contributed by atoms with Gasteiger partial charge in [-0.3, -0.25) is 14.7 Å². The predicted molar refractivity (Wildman–Crippen MR) is 116 cm³/mol. The highest BCUT2D eigenvalue weighted by molar-refractivity contribution is 7.17. The van der Waals surface area contributed by atoms with Gasteiger partial charge in [0, 0.05) is 18.7 Å². The van der Waals surface area contributed by atoms with Crippen molar-refractivity contribution in [3.05, 3.63) is 57.8 Å². The van der Waals surface area contributed by atoms with Crippen LogP contribution in [0.1, 0.15) is 29.4 Å². The van der Waals surface area contributed by atoms with E-state index in [4.69, 9.17) is 4.74 Å². The Labute approximate surface area is 181 Å². The number of hydrogen-bond donors (Lipinski definition) is 1. The van der Waals surface area contributed by atoms with Gasteiger partial charge in [-0.15, -0.1) is 16.4 Å². The summed E-state index contributed by atoms with van der Waals surface area (Å²) < 4.78 is 7.47. The van der Waals surface area contributed by atoms with Crippen LogP contribution in [0.5, 0.6) is 5.75 Å². The van der Waals surface area contributed by atoms with E-state index in [1.54, 1.807) is 24.1 Å². The third-order valence-corrected chi connectivity index (χ3v) is 6.48. The van der Waals surface area contributed by atoms with Crippen molar-refractivity contribution < 1.29 is 9.53 Å². The van der Waals surface area contributed by atoms with Gasteiger partial charge in [-0.1, -0.05) is 17.3 Å². The summed E-state index contributed by atoms with van der Waals surface area (Å²) in [6.07, 6.45) is 1.29. The number of hydrogen-bond acceptors (Lipinski definition) is 7. The van der Waals surface area contributed by atoms with E-state index in [1.165, 1.54) is 16.0 Å². The molecule has 0 spiro atoms. The molecule has 0 unspecified atom stereocenters. The number of ether oxygens (including phenoxy) is 1. The molecule has 10 heteroatoms. The third-order valence-electron chi connectivity index (χ3n) is 5.58. The minimum Gasteiger partial charge on any atom is -0.496 e. The van der Waals surface area contributed by atoms with E-state index in [-0.39, 0.29) is 17.5 Å². The van der Waals surface area contributed by atoms with Gasteiger partial charge in [-0.2, -0.15) is 5.10 Å². The number of nitrogens with zero attached hydrogens (tertiary/aromatic N) is 5. The van der Waals surface area contributed by atoms with E-state index in [1.807, 2.05) is 29.6 Å². The molecule has 1 N–H and O–H groups in total. The first-order valence-corrected chi connectivity index (χ1v) is 10.8. The lowest BCUT2D eigenvalue weighted by Gasteiger charge is -2.31. The van der Waals surface area contributed by atoms with Gasteiger partial charge in [0.15, 0.2) is 0 Å². The number of thiophene rings is 1. The molecule has 1 fully saturated rings. The molecule has 158 valence electrons. The highest BCUT2D eigenvalue weighted by Crippen LogP contribution is 2.29. The first-order valence-electron chi connectivity index (χ1n) is 9.96. The van der Waals surface area contributed by atoms with Gasteiger partial charge in [-0.25, -0.2) is 4.68 Å². The van der Waals surface area contributed by atoms with Crippen molar-refractivity contribution in [2.75, 3.05) is 20.2 Å². The second-order valence-electron chi connectivity index (χ2n) is 7.36. The second-order valence-corrected chi connectivity index (χ2v) is 8.28. The maximum Gasteiger partial charge on any atom is 0.287 e. The zero-order valence-electron chi connectivity index (χ0n) is 16.8. The smallest absolute Gasteiger partial charge is 0.287 e. The standard InChI is InChI=1S/C21H20N6O3S/c1-30-18-5-3-2-4-14(18)16-12-17(23-22-16)20(28)26-9-6-13(7-10-26)27-21(29)19-15(24-25-27)8-11-31-19/h2-5,8,11-13H,6-7,9-10H2,1H3,(H,22,23). The maximum atomic E-state index is 13.0. The molecular formula is C21H20N6O3S. The van der Waals surface area contributed by atoms with Crippen molar-refractivity contribution in [1.82, 2.24) is 30.1 Å². The van der Waals surface area contributed by atoms with Gasteiger partial charge in [-0.05, 0) is 42.5 Å². The molecular weight excluding hydrogens is 416 g/mol. The number of carbonyl (C=O) groups is 1. The van der Waals surface area contributed by atoms with Gasteiger partial charge in [0.25, 0.3) is 11.5 Å². The predicted octanol–water partition coefficient (Wildman–Crippen LogP) is 2.73. The van der Waals surface area contributed by atoms with Crippen LogP contribution in [0.15, 0.2) is 46.6 Å². The number of para-hydroxylation sites is 1. The Hall–Kier alpha value is -3.53.